The van der Waals surface area contributed by atoms with Crippen molar-refractivity contribution in [1.82, 2.24) is 9.80 Å². The smallest absolute Gasteiger partial charge is 0.253 e. The number of aliphatic hydroxyl groups is 1. The molecule has 2 heterocycles. The molecule has 0 unspecified atom stereocenters. The molecule has 0 radical (unpaired) electrons. The second-order valence-corrected chi connectivity index (χ2v) is 7.16. The Bertz CT molecular complexity index is 645. The summed E-state index contributed by atoms with van der Waals surface area (Å²) < 4.78 is 0. The Hall–Kier alpha value is -2.14. The molecule has 2 fully saturated rings. The van der Waals surface area contributed by atoms with Crippen molar-refractivity contribution < 1.29 is 14.7 Å². The molecule has 5 heteroatoms. The number of likely N-dealkylation sites (tertiary alicyclic amines) is 2. The van der Waals surface area contributed by atoms with Gasteiger partial charge in [-0.05, 0) is 42.4 Å². The van der Waals surface area contributed by atoms with Gasteiger partial charge in [-0.15, -0.1) is 0 Å². The summed E-state index contributed by atoms with van der Waals surface area (Å²) in [5.74, 6) is 0.213. The molecule has 5 nitrogen and oxygen atoms in total. The summed E-state index contributed by atoms with van der Waals surface area (Å²) >= 11 is 0. The topological polar surface area (TPSA) is 60.9 Å². The van der Waals surface area contributed by atoms with Crippen LogP contribution in [-0.4, -0.2) is 59.5 Å². The minimum atomic E-state index is 0.00708. The van der Waals surface area contributed by atoms with Crippen molar-refractivity contribution in [3.8, 4) is 0 Å². The summed E-state index contributed by atoms with van der Waals surface area (Å²) in [6.07, 6.45) is 5.04. The van der Waals surface area contributed by atoms with Crippen molar-refractivity contribution in [2.45, 2.75) is 25.7 Å². The largest absolute Gasteiger partial charge is 0.395 e. The van der Waals surface area contributed by atoms with Crippen LogP contribution in [-0.2, 0) is 4.79 Å². The van der Waals surface area contributed by atoms with E-state index in [1.165, 1.54) is 0 Å². The van der Waals surface area contributed by atoms with Gasteiger partial charge in [-0.3, -0.25) is 9.59 Å². The van der Waals surface area contributed by atoms with Crippen LogP contribution < -0.4 is 0 Å². The van der Waals surface area contributed by atoms with Gasteiger partial charge in [0.25, 0.3) is 5.91 Å². The highest BCUT2D eigenvalue weighted by molar-refractivity contribution is 5.94. The van der Waals surface area contributed by atoms with E-state index >= 15 is 0 Å². The molecule has 2 amide bonds. The highest BCUT2D eigenvalue weighted by Gasteiger charge is 2.41. The zero-order chi connectivity index (χ0) is 17.9. The van der Waals surface area contributed by atoms with Crippen LogP contribution in [0.3, 0.4) is 0 Å². The van der Waals surface area contributed by atoms with Crippen LogP contribution in [0.2, 0.25) is 0 Å². The van der Waals surface area contributed by atoms with Crippen LogP contribution in [0.15, 0.2) is 30.8 Å². The summed E-state index contributed by atoms with van der Waals surface area (Å²) in [6, 6.07) is 7.52. The Kier molecular flexibility index (Phi) is 5.23. The third-order valence-corrected chi connectivity index (χ3v) is 5.62. The van der Waals surface area contributed by atoms with Gasteiger partial charge in [-0.1, -0.05) is 24.8 Å². The summed E-state index contributed by atoms with van der Waals surface area (Å²) in [5.41, 5.74) is 1.82. The Labute approximate surface area is 148 Å². The monoisotopic (exact) mass is 342 g/mol. The number of piperidine rings is 2. The van der Waals surface area contributed by atoms with Crippen LogP contribution >= 0.6 is 0 Å². The second kappa shape index (κ2) is 7.40. The zero-order valence-electron chi connectivity index (χ0n) is 14.6. The predicted octanol–water partition coefficient (Wildman–Crippen LogP) is 2.17. The van der Waals surface area contributed by atoms with E-state index in [2.05, 4.69) is 6.58 Å². The normalized spacial score (nSPS) is 20.0. The lowest BCUT2D eigenvalue weighted by molar-refractivity contribution is -0.139. The number of carbonyl (C=O) groups is 2. The fourth-order valence-corrected chi connectivity index (χ4v) is 3.96. The predicted molar refractivity (Wildman–Crippen MR) is 97.0 cm³/mol. The molecule has 0 saturated carbocycles. The van der Waals surface area contributed by atoms with E-state index in [0.717, 1.165) is 37.9 Å². The maximum absolute atomic E-state index is 12.7. The number of β-amino-alcohol motifs (C(OH)–C–C–N with tert-alkyl or cyclic N) is 1. The molecule has 2 saturated heterocycles. The fourth-order valence-electron chi connectivity index (χ4n) is 3.96. The second-order valence-electron chi connectivity index (χ2n) is 7.16. The average Bonchev–Trinajstić information content (AvgIpc) is 2.65. The summed E-state index contributed by atoms with van der Waals surface area (Å²) in [6.45, 7) is 6.31. The number of amides is 2. The highest BCUT2D eigenvalue weighted by atomic mass is 16.3. The number of hydrogen-bond acceptors (Lipinski definition) is 3. The zero-order valence-corrected chi connectivity index (χ0v) is 14.6. The number of rotatable bonds is 4. The lowest BCUT2D eigenvalue weighted by Gasteiger charge is -2.47. The molecule has 134 valence electrons. The maximum atomic E-state index is 12.7. The maximum Gasteiger partial charge on any atom is 0.253 e. The summed E-state index contributed by atoms with van der Waals surface area (Å²) in [5, 5.41) is 9.15. The molecule has 1 spiro atoms. The number of benzene rings is 1. The molecule has 2 aliphatic rings. The van der Waals surface area contributed by atoms with E-state index in [0.29, 0.717) is 25.1 Å². The van der Waals surface area contributed by atoms with Crippen LogP contribution in [0, 0.1) is 5.41 Å². The minimum Gasteiger partial charge on any atom is -0.395 e. The van der Waals surface area contributed by atoms with Crippen LogP contribution in [0.5, 0.6) is 0 Å². The standard InChI is InChI=1S/C20H26N2O3/c1-2-16-3-5-17(6-4-16)19(25)21-11-9-20(10-12-21)8-7-18(24)22(15-20)13-14-23/h2-6,23H,1,7-15H2. The van der Waals surface area contributed by atoms with Gasteiger partial charge in [0.15, 0.2) is 0 Å². The van der Waals surface area contributed by atoms with E-state index in [1.54, 1.807) is 11.0 Å². The van der Waals surface area contributed by atoms with E-state index in [9.17, 15) is 9.59 Å². The molecule has 3 rings (SSSR count). The molecule has 1 aromatic rings. The van der Waals surface area contributed by atoms with Crippen molar-refractivity contribution in [3.63, 3.8) is 0 Å². The van der Waals surface area contributed by atoms with Gasteiger partial charge in [0, 0.05) is 38.2 Å². The van der Waals surface area contributed by atoms with Gasteiger partial charge in [0.2, 0.25) is 5.91 Å². The summed E-state index contributed by atoms with van der Waals surface area (Å²) in [7, 11) is 0. The van der Waals surface area contributed by atoms with Gasteiger partial charge in [0.05, 0.1) is 6.61 Å². The van der Waals surface area contributed by atoms with Crippen molar-refractivity contribution in [1.29, 1.82) is 0 Å². The SMILES string of the molecule is C=Cc1ccc(C(=O)N2CCC3(CCC(=O)N(CCO)C3)CC2)cc1. The Morgan fingerprint density at radius 2 is 1.88 bits per heavy atom. The third kappa shape index (κ3) is 3.76. The lowest BCUT2D eigenvalue weighted by atomic mass is 9.72. The van der Waals surface area contributed by atoms with Gasteiger partial charge in [0.1, 0.15) is 0 Å². The van der Waals surface area contributed by atoms with Crippen LogP contribution in [0.1, 0.15) is 41.6 Å². The molecular weight excluding hydrogens is 316 g/mol. The first-order valence-electron chi connectivity index (χ1n) is 8.97. The van der Waals surface area contributed by atoms with Gasteiger partial charge in [-0.25, -0.2) is 0 Å². The van der Waals surface area contributed by atoms with Gasteiger partial charge >= 0.3 is 0 Å². The van der Waals surface area contributed by atoms with E-state index in [-0.39, 0.29) is 23.8 Å². The third-order valence-electron chi connectivity index (χ3n) is 5.62. The molecular formula is C20H26N2O3. The van der Waals surface area contributed by atoms with E-state index in [1.807, 2.05) is 29.2 Å². The van der Waals surface area contributed by atoms with Gasteiger partial charge < -0.3 is 14.9 Å². The molecule has 0 aromatic heterocycles. The summed E-state index contributed by atoms with van der Waals surface area (Å²) in [4.78, 5) is 28.4. The average molecular weight is 342 g/mol. The minimum absolute atomic E-state index is 0.00708. The number of nitrogens with zero attached hydrogens (tertiary/aromatic N) is 2. The molecule has 0 aliphatic carbocycles. The van der Waals surface area contributed by atoms with Crippen molar-refractivity contribution in [3.05, 3.63) is 42.0 Å². The Balaban J connectivity index is 1.61. The van der Waals surface area contributed by atoms with Crippen molar-refractivity contribution in [2.75, 3.05) is 32.8 Å². The van der Waals surface area contributed by atoms with Gasteiger partial charge in [-0.2, -0.15) is 0 Å². The first kappa shape index (κ1) is 17.7. The lowest BCUT2D eigenvalue weighted by Crippen LogP contribution is -2.52. The van der Waals surface area contributed by atoms with Crippen LogP contribution in [0.4, 0.5) is 0 Å². The molecule has 2 aliphatic heterocycles. The van der Waals surface area contributed by atoms with E-state index in [4.69, 9.17) is 5.11 Å². The first-order chi connectivity index (χ1) is 12.1. The highest BCUT2D eigenvalue weighted by Crippen LogP contribution is 2.40. The molecule has 1 N–H and O–H groups in total. The molecule has 25 heavy (non-hydrogen) atoms. The van der Waals surface area contributed by atoms with Crippen molar-refractivity contribution in [2.24, 2.45) is 5.41 Å². The number of hydrogen-bond donors (Lipinski definition) is 1. The number of aliphatic hydroxyl groups excluding tert-OH is 1. The first-order valence-corrected chi connectivity index (χ1v) is 8.97. The quantitative estimate of drug-likeness (QED) is 0.912. The molecule has 1 aromatic carbocycles. The van der Waals surface area contributed by atoms with Crippen molar-refractivity contribution >= 4 is 17.9 Å². The fraction of sp³-hybridized carbons (Fsp3) is 0.500. The van der Waals surface area contributed by atoms with Crippen LogP contribution in [0.25, 0.3) is 6.08 Å². The van der Waals surface area contributed by atoms with E-state index < -0.39 is 0 Å². The molecule has 0 bridgehead atoms. The number of carbonyl (C=O) groups excluding carboxylic acids is 2. The Morgan fingerprint density at radius 1 is 1.20 bits per heavy atom. The molecule has 0 atom stereocenters. The Morgan fingerprint density at radius 3 is 2.48 bits per heavy atom.